The van der Waals surface area contributed by atoms with Crippen LogP contribution in [-0.2, 0) is 4.79 Å². The van der Waals surface area contributed by atoms with Crippen LogP contribution < -0.4 is 16.5 Å². The quantitative estimate of drug-likeness (QED) is 0.490. The van der Waals surface area contributed by atoms with Crippen molar-refractivity contribution in [2.24, 2.45) is 0 Å². The fourth-order valence-corrected chi connectivity index (χ4v) is 3.24. The molecule has 1 aromatic rings. The van der Waals surface area contributed by atoms with Crippen molar-refractivity contribution in [2.45, 2.75) is 18.5 Å². The average molecular weight is 324 g/mol. The molecule has 2 bridgehead atoms. The molecular weight excluding hydrogens is 308 g/mol. The van der Waals surface area contributed by atoms with Crippen LogP contribution in [0.1, 0.15) is 12.0 Å². The zero-order valence-corrected chi connectivity index (χ0v) is 12.0. The number of rotatable bonds is 2. The van der Waals surface area contributed by atoms with E-state index in [1.165, 1.54) is 0 Å². The smallest absolute Gasteiger partial charge is 0.319 e. The number of piperazine rings is 1. The number of nitrogens with one attached hydrogen (secondary N) is 1. The zero-order chi connectivity index (χ0) is 13.6. The van der Waals surface area contributed by atoms with Crippen LogP contribution >= 0.6 is 15.9 Å². The summed E-state index contributed by atoms with van der Waals surface area (Å²) in [4.78, 5) is 14.3. The maximum Gasteiger partial charge on any atom is 0.319 e. The van der Waals surface area contributed by atoms with Gasteiger partial charge in [-0.1, -0.05) is 15.9 Å². The van der Waals surface area contributed by atoms with Crippen LogP contribution in [0.25, 0.3) is 0 Å². The number of nitrogen functional groups attached to an aromatic ring is 1. The molecule has 2 fully saturated rings. The van der Waals surface area contributed by atoms with Gasteiger partial charge < -0.3 is 16.0 Å². The van der Waals surface area contributed by atoms with E-state index in [9.17, 15) is 4.79 Å². The molecule has 5 nitrogen and oxygen atoms in total. The van der Waals surface area contributed by atoms with Gasteiger partial charge in [-0.2, -0.15) is 0 Å². The van der Waals surface area contributed by atoms with Crippen LogP contribution in [0.15, 0.2) is 22.7 Å². The van der Waals surface area contributed by atoms with E-state index >= 15 is 0 Å². The molecule has 0 aromatic heterocycles. The molecule has 1 amide bonds. The van der Waals surface area contributed by atoms with Crippen LogP contribution in [0.5, 0.6) is 0 Å². The monoisotopic (exact) mass is 323 g/mol. The third-order valence-corrected chi connectivity index (χ3v) is 4.34. The van der Waals surface area contributed by atoms with Gasteiger partial charge in [0.05, 0.1) is 5.56 Å². The molecular formula is C13H16BrN4O+. The van der Waals surface area contributed by atoms with Crippen LogP contribution in [0.3, 0.4) is 0 Å². The second-order valence-corrected chi connectivity index (χ2v) is 6.01. The second kappa shape index (κ2) is 4.61. The predicted molar refractivity (Wildman–Crippen MR) is 76.5 cm³/mol. The summed E-state index contributed by atoms with van der Waals surface area (Å²) < 4.78 is 0.874. The summed E-state index contributed by atoms with van der Waals surface area (Å²) in [6.45, 7) is 1.60. The maximum atomic E-state index is 12.4. The minimum atomic E-state index is -0.108. The Kier molecular flexibility index (Phi) is 3.06. The van der Waals surface area contributed by atoms with Crippen LogP contribution in [0, 0.1) is 0 Å². The molecule has 100 valence electrons. The van der Waals surface area contributed by atoms with Gasteiger partial charge in [-0.25, -0.2) is 5.41 Å². The van der Waals surface area contributed by atoms with E-state index in [4.69, 9.17) is 11.1 Å². The first-order valence-corrected chi connectivity index (χ1v) is 7.07. The number of likely N-dealkylation sites (tertiary alicyclic amines) is 1. The number of nitrogens with zero attached hydrogens (tertiary/aromatic N) is 1. The molecule has 2 unspecified atom stereocenters. The molecule has 2 aliphatic rings. The number of carbonyl (C=O) groups is 1. The first kappa shape index (κ1) is 12.6. The summed E-state index contributed by atoms with van der Waals surface area (Å²) in [7, 11) is 0. The Bertz CT molecular complexity index is 560. The highest BCUT2D eigenvalue weighted by Gasteiger charge is 2.42. The first-order chi connectivity index (χ1) is 9.06. The first-order valence-electron chi connectivity index (χ1n) is 6.28. The highest BCUT2D eigenvalue weighted by molar-refractivity contribution is 9.10. The van der Waals surface area contributed by atoms with Crippen molar-refractivity contribution in [3.8, 4) is 0 Å². The number of anilines is 1. The minimum Gasteiger partial charge on any atom is -0.398 e. The van der Waals surface area contributed by atoms with Crippen molar-refractivity contribution in [2.75, 3.05) is 18.8 Å². The van der Waals surface area contributed by atoms with Crippen molar-refractivity contribution < 1.29 is 10.2 Å². The highest BCUT2D eigenvalue weighted by atomic mass is 79.9. The Labute approximate surface area is 119 Å². The Balaban J connectivity index is 1.82. The predicted octanol–water partition coefficient (Wildman–Crippen LogP) is -0.848. The van der Waals surface area contributed by atoms with Crippen LogP contribution in [0.2, 0.25) is 0 Å². The molecule has 0 saturated carbocycles. The molecule has 3 rings (SSSR count). The fraction of sp³-hybridized carbons (Fsp3) is 0.385. The Morgan fingerprint density at radius 2 is 2.32 bits per heavy atom. The number of carbonyl (C=O) groups excluding carboxylic acids is 1. The lowest BCUT2D eigenvalue weighted by molar-refractivity contribution is -0.143. The lowest BCUT2D eigenvalue weighted by atomic mass is 10.1. The summed E-state index contributed by atoms with van der Waals surface area (Å²) in [6.07, 6.45) is 1.02. The third-order valence-electron chi connectivity index (χ3n) is 3.85. The summed E-state index contributed by atoms with van der Waals surface area (Å²) in [5.41, 5.74) is 7.29. The third kappa shape index (κ3) is 2.15. The molecule has 1 aromatic carbocycles. The number of fused-ring (bicyclic) bond motifs is 2. The lowest BCUT2D eigenvalue weighted by Gasteiger charge is -2.26. The van der Waals surface area contributed by atoms with Gasteiger partial charge in [0.1, 0.15) is 0 Å². The van der Waals surface area contributed by atoms with E-state index in [-0.39, 0.29) is 17.7 Å². The standard InChI is InChI=1S/C13H15BrN4O/c14-7-1-2-10(11(15)3-7)12(16)13(19)18-6-8-4-9(18)5-17-8/h1-3,8-9,16-17H,4-6,15H2/p+1. The Hall–Kier alpha value is -1.40. The van der Waals surface area contributed by atoms with Gasteiger partial charge in [0.15, 0.2) is 0 Å². The van der Waals surface area contributed by atoms with E-state index < -0.39 is 0 Å². The van der Waals surface area contributed by atoms with Crippen molar-refractivity contribution in [1.29, 1.82) is 0 Å². The maximum absolute atomic E-state index is 12.4. The molecule has 2 atom stereocenters. The summed E-state index contributed by atoms with van der Waals surface area (Å²) in [5.74, 6) is -0.108. The summed E-state index contributed by atoms with van der Waals surface area (Å²) in [6, 6.07) is 6.06. The van der Waals surface area contributed by atoms with E-state index in [1.54, 1.807) is 12.1 Å². The Morgan fingerprint density at radius 3 is 2.89 bits per heavy atom. The molecule has 2 saturated heterocycles. The molecule has 2 heterocycles. The number of benzene rings is 1. The highest BCUT2D eigenvalue weighted by Crippen LogP contribution is 2.25. The van der Waals surface area contributed by atoms with Gasteiger partial charge in [-0.15, -0.1) is 0 Å². The molecule has 0 aliphatic carbocycles. The topological polar surface area (TPSA) is 84.0 Å². The van der Waals surface area contributed by atoms with Gasteiger partial charge in [0.2, 0.25) is 0 Å². The number of hydrogen-bond acceptors (Lipinski definition) is 3. The number of halogens is 1. The normalized spacial score (nSPS) is 24.8. The van der Waals surface area contributed by atoms with Crippen molar-refractivity contribution in [3.63, 3.8) is 0 Å². The summed E-state index contributed by atoms with van der Waals surface area (Å²) >= 11 is 3.34. The summed E-state index contributed by atoms with van der Waals surface area (Å²) in [5, 5.41) is 9.37. The fourth-order valence-electron chi connectivity index (χ4n) is 2.86. The molecule has 19 heavy (non-hydrogen) atoms. The minimum absolute atomic E-state index is 0.108. The SMILES string of the molecule is Nc1cc(Br)ccc1C(=[NH2+])C(=O)N1CC2CC1CN2. The van der Waals surface area contributed by atoms with Crippen LogP contribution in [0.4, 0.5) is 5.69 Å². The van der Waals surface area contributed by atoms with Crippen LogP contribution in [-0.4, -0.2) is 41.7 Å². The van der Waals surface area contributed by atoms with Crippen molar-refractivity contribution in [3.05, 3.63) is 28.2 Å². The van der Waals surface area contributed by atoms with E-state index in [1.807, 2.05) is 11.0 Å². The lowest BCUT2D eigenvalue weighted by Crippen LogP contribution is -2.56. The number of amides is 1. The van der Waals surface area contributed by atoms with Gasteiger partial charge in [0.25, 0.3) is 5.71 Å². The zero-order valence-electron chi connectivity index (χ0n) is 10.4. The van der Waals surface area contributed by atoms with E-state index in [0.29, 0.717) is 17.3 Å². The molecule has 0 spiro atoms. The average Bonchev–Trinajstić information content (AvgIpc) is 2.99. The number of hydrogen-bond donors (Lipinski definition) is 3. The Morgan fingerprint density at radius 1 is 1.53 bits per heavy atom. The molecule has 5 N–H and O–H groups in total. The van der Waals surface area contributed by atoms with E-state index in [2.05, 4.69) is 21.2 Å². The molecule has 6 heteroatoms. The molecule has 2 aliphatic heterocycles. The molecule has 0 radical (unpaired) electrons. The second-order valence-electron chi connectivity index (χ2n) is 5.10. The van der Waals surface area contributed by atoms with Gasteiger partial charge in [-0.3, -0.25) is 4.79 Å². The van der Waals surface area contributed by atoms with Gasteiger partial charge >= 0.3 is 5.91 Å². The van der Waals surface area contributed by atoms with Crippen molar-refractivity contribution >= 4 is 33.2 Å². The number of nitrogens with two attached hydrogens (primary N) is 2. The van der Waals surface area contributed by atoms with Gasteiger partial charge in [-0.05, 0) is 24.6 Å². The van der Waals surface area contributed by atoms with Gasteiger partial charge in [0, 0.05) is 35.3 Å². The largest absolute Gasteiger partial charge is 0.398 e. The van der Waals surface area contributed by atoms with E-state index in [0.717, 1.165) is 24.0 Å². The van der Waals surface area contributed by atoms with Crippen molar-refractivity contribution in [1.82, 2.24) is 10.2 Å².